The average Bonchev–Trinajstić information content (AvgIpc) is 2.53. The molecule has 1 aromatic rings. The first-order valence-corrected chi connectivity index (χ1v) is 8.74. The molecule has 0 aliphatic carbocycles. The Morgan fingerprint density at radius 1 is 1.25 bits per heavy atom. The lowest BCUT2D eigenvalue weighted by Crippen LogP contribution is -2.28. The number of nitrogens with two attached hydrogens (primary N) is 2. The Bertz CT molecular complexity index is 590. The molecule has 1 rings (SSSR count). The topological polar surface area (TPSA) is 81.1 Å². The molecule has 132 valence electrons. The van der Waals surface area contributed by atoms with Crippen molar-refractivity contribution >= 4 is 5.91 Å². The molecule has 4 nitrogen and oxygen atoms in total. The van der Waals surface area contributed by atoms with Crippen LogP contribution in [-0.4, -0.2) is 5.91 Å². The van der Waals surface area contributed by atoms with Crippen molar-refractivity contribution in [2.45, 2.75) is 52.9 Å². The van der Waals surface area contributed by atoms with Crippen LogP contribution in [0.2, 0.25) is 0 Å². The van der Waals surface area contributed by atoms with Crippen LogP contribution in [0.15, 0.2) is 47.9 Å². The fraction of sp³-hybridized carbons (Fsp3) is 0.450. The average molecular weight is 329 g/mol. The minimum atomic E-state index is -0.126. The highest BCUT2D eigenvalue weighted by Gasteiger charge is 2.08. The standard InChI is InChI=1S/C20H31N3O/c1-4-6-10-17(5-2)18(21)11-12-19(22)23-20(24)14-16-9-7-8-15(3)13-16/h7-9,11-13,17H,4-6,10,14,21-22H2,1-3H3,(H,23,24)/b18-11-,19-12+. The van der Waals surface area contributed by atoms with Crippen LogP contribution in [-0.2, 0) is 11.2 Å². The molecule has 24 heavy (non-hydrogen) atoms. The molecule has 1 amide bonds. The van der Waals surface area contributed by atoms with E-state index in [4.69, 9.17) is 11.5 Å². The number of unbranched alkanes of at least 4 members (excludes halogenated alkanes) is 1. The van der Waals surface area contributed by atoms with Gasteiger partial charge in [0.2, 0.25) is 5.91 Å². The number of carbonyl (C=O) groups excluding carboxylic acids is 1. The molecule has 1 atom stereocenters. The molecular formula is C20H31N3O. The van der Waals surface area contributed by atoms with E-state index in [0.29, 0.717) is 18.2 Å². The maximum Gasteiger partial charge on any atom is 0.229 e. The summed E-state index contributed by atoms with van der Waals surface area (Å²) in [5.41, 5.74) is 14.9. The Morgan fingerprint density at radius 3 is 2.62 bits per heavy atom. The highest BCUT2D eigenvalue weighted by atomic mass is 16.1. The number of nitrogens with one attached hydrogen (secondary N) is 1. The van der Waals surface area contributed by atoms with Crippen LogP contribution < -0.4 is 16.8 Å². The van der Waals surface area contributed by atoms with Crippen molar-refractivity contribution in [2.24, 2.45) is 17.4 Å². The largest absolute Gasteiger partial charge is 0.402 e. The number of hydrogen-bond acceptors (Lipinski definition) is 3. The number of rotatable bonds is 9. The zero-order valence-corrected chi connectivity index (χ0v) is 15.1. The lowest BCUT2D eigenvalue weighted by atomic mass is 9.96. The zero-order chi connectivity index (χ0) is 17.9. The molecule has 4 heteroatoms. The summed E-state index contributed by atoms with van der Waals surface area (Å²) in [4.78, 5) is 12.0. The number of allylic oxidation sites excluding steroid dienone is 3. The van der Waals surface area contributed by atoms with E-state index in [1.54, 1.807) is 6.08 Å². The second kappa shape index (κ2) is 10.5. The molecule has 0 heterocycles. The van der Waals surface area contributed by atoms with Crippen molar-refractivity contribution in [3.63, 3.8) is 0 Å². The Kier molecular flexibility index (Phi) is 8.69. The number of aryl methyl sites for hydroxylation is 1. The van der Waals surface area contributed by atoms with Crippen LogP contribution in [0.5, 0.6) is 0 Å². The number of hydrogen-bond donors (Lipinski definition) is 3. The lowest BCUT2D eigenvalue weighted by Gasteiger charge is -2.14. The van der Waals surface area contributed by atoms with Gasteiger partial charge in [0.05, 0.1) is 6.42 Å². The fourth-order valence-corrected chi connectivity index (χ4v) is 2.63. The molecule has 1 aromatic carbocycles. The third kappa shape index (κ3) is 7.36. The van der Waals surface area contributed by atoms with Gasteiger partial charge in [0, 0.05) is 5.70 Å². The van der Waals surface area contributed by atoms with Crippen LogP contribution in [0.3, 0.4) is 0 Å². The fourth-order valence-electron chi connectivity index (χ4n) is 2.63. The Balaban J connectivity index is 2.58. The Morgan fingerprint density at radius 2 is 2.00 bits per heavy atom. The quantitative estimate of drug-likeness (QED) is 0.606. The van der Waals surface area contributed by atoms with Gasteiger partial charge in [-0.15, -0.1) is 0 Å². The smallest absolute Gasteiger partial charge is 0.229 e. The summed E-state index contributed by atoms with van der Waals surface area (Å²) in [6, 6.07) is 7.88. The summed E-state index contributed by atoms with van der Waals surface area (Å²) < 4.78 is 0. The molecule has 1 unspecified atom stereocenters. The van der Waals surface area contributed by atoms with Crippen LogP contribution in [0.25, 0.3) is 0 Å². The van der Waals surface area contributed by atoms with E-state index in [1.165, 1.54) is 6.42 Å². The van der Waals surface area contributed by atoms with E-state index in [1.807, 2.05) is 37.3 Å². The number of benzene rings is 1. The molecule has 5 N–H and O–H groups in total. The van der Waals surface area contributed by atoms with Crippen molar-refractivity contribution in [3.8, 4) is 0 Å². The molecule has 0 radical (unpaired) electrons. The maximum absolute atomic E-state index is 12.0. The molecular weight excluding hydrogens is 298 g/mol. The van der Waals surface area contributed by atoms with Gasteiger partial charge in [-0.2, -0.15) is 0 Å². The van der Waals surface area contributed by atoms with Crippen molar-refractivity contribution < 1.29 is 4.79 Å². The molecule has 0 saturated heterocycles. The highest BCUT2D eigenvalue weighted by molar-refractivity contribution is 5.80. The highest BCUT2D eigenvalue weighted by Crippen LogP contribution is 2.18. The third-order valence-corrected chi connectivity index (χ3v) is 4.06. The van der Waals surface area contributed by atoms with Gasteiger partial charge in [-0.1, -0.05) is 56.5 Å². The van der Waals surface area contributed by atoms with Gasteiger partial charge in [-0.05, 0) is 43.4 Å². The first kappa shape index (κ1) is 19.8. The van der Waals surface area contributed by atoms with Gasteiger partial charge in [-0.3, -0.25) is 4.79 Å². The van der Waals surface area contributed by atoms with E-state index >= 15 is 0 Å². The predicted octanol–water partition coefficient (Wildman–Crippen LogP) is 3.51. The van der Waals surface area contributed by atoms with Gasteiger partial charge in [0.25, 0.3) is 0 Å². The van der Waals surface area contributed by atoms with E-state index in [9.17, 15) is 4.79 Å². The van der Waals surface area contributed by atoms with Crippen LogP contribution in [0, 0.1) is 12.8 Å². The van der Waals surface area contributed by atoms with E-state index in [-0.39, 0.29) is 5.91 Å². The first-order valence-electron chi connectivity index (χ1n) is 8.74. The van der Waals surface area contributed by atoms with Gasteiger partial charge < -0.3 is 16.8 Å². The van der Waals surface area contributed by atoms with E-state index in [2.05, 4.69) is 19.2 Å². The van der Waals surface area contributed by atoms with Crippen molar-refractivity contribution in [3.05, 3.63) is 59.1 Å². The maximum atomic E-state index is 12.0. The Hall–Kier alpha value is -2.23. The summed E-state index contributed by atoms with van der Waals surface area (Å²) in [6.45, 7) is 6.32. The molecule has 0 saturated carbocycles. The summed E-state index contributed by atoms with van der Waals surface area (Å²) in [6.07, 6.45) is 8.22. The van der Waals surface area contributed by atoms with Crippen LogP contribution >= 0.6 is 0 Å². The minimum Gasteiger partial charge on any atom is -0.402 e. The third-order valence-electron chi connectivity index (χ3n) is 4.06. The number of amides is 1. The number of carbonyl (C=O) groups is 1. The summed E-state index contributed by atoms with van der Waals surface area (Å²) >= 11 is 0. The monoisotopic (exact) mass is 329 g/mol. The molecule has 0 aromatic heterocycles. The zero-order valence-electron chi connectivity index (χ0n) is 15.1. The normalized spacial score (nSPS) is 13.6. The summed E-state index contributed by atoms with van der Waals surface area (Å²) in [5, 5.41) is 2.70. The Labute approximate surface area is 146 Å². The minimum absolute atomic E-state index is 0.126. The van der Waals surface area contributed by atoms with E-state index < -0.39 is 0 Å². The second-order valence-electron chi connectivity index (χ2n) is 6.25. The molecule has 0 spiro atoms. The lowest BCUT2D eigenvalue weighted by molar-refractivity contribution is -0.119. The van der Waals surface area contributed by atoms with Crippen LogP contribution in [0.4, 0.5) is 0 Å². The van der Waals surface area contributed by atoms with Gasteiger partial charge in [0.15, 0.2) is 0 Å². The van der Waals surface area contributed by atoms with Crippen molar-refractivity contribution in [2.75, 3.05) is 0 Å². The van der Waals surface area contributed by atoms with Gasteiger partial charge in [-0.25, -0.2) is 0 Å². The first-order chi connectivity index (χ1) is 11.5. The molecule has 0 fully saturated rings. The van der Waals surface area contributed by atoms with Crippen LogP contribution in [0.1, 0.15) is 50.7 Å². The van der Waals surface area contributed by atoms with Crippen molar-refractivity contribution in [1.82, 2.24) is 5.32 Å². The van der Waals surface area contributed by atoms with E-state index in [0.717, 1.165) is 36.1 Å². The SMILES string of the molecule is CCCCC(CC)/C(N)=C/C=C(\N)NC(=O)Cc1cccc(C)c1. The molecule has 0 aliphatic heterocycles. The second-order valence-corrected chi connectivity index (χ2v) is 6.25. The molecule has 0 aliphatic rings. The predicted molar refractivity (Wildman–Crippen MR) is 101 cm³/mol. The summed E-state index contributed by atoms with van der Waals surface area (Å²) in [7, 11) is 0. The molecule has 0 bridgehead atoms. The summed E-state index contributed by atoms with van der Waals surface area (Å²) in [5.74, 6) is 0.567. The van der Waals surface area contributed by atoms with Gasteiger partial charge in [0.1, 0.15) is 5.82 Å². The van der Waals surface area contributed by atoms with Gasteiger partial charge >= 0.3 is 0 Å². The van der Waals surface area contributed by atoms with Crippen molar-refractivity contribution in [1.29, 1.82) is 0 Å².